The van der Waals surface area contributed by atoms with E-state index in [4.69, 9.17) is 4.42 Å². The van der Waals surface area contributed by atoms with Gasteiger partial charge in [-0.2, -0.15) is 0 Å². The Morgan fingerprint density at radius 1 is 1.04 bits per heavy atom. The van der Waals surface area contributed by atoms with Crippen LogP contribution >= 0.6 is 0 Å². The normalized spacial score (nSPS) is 17.0. The molecule has 0 amide bonds. The lowest BCUT2D eigenvalue weighted by Crippen LogP contribution is -2.77. The summed E-state index contributed by atoms with van der Waals surface area (Å²) < 4.78 is 6.70. The Hall–Kier alpha value is -2.29. The molecule has 0 radical (unpaired) electrons. The van der Waals surface area contributed by atoms with Gasteiger partial charge < -0.3 is 9.32 Å². The molecule has 3 aliphatic heterocycles. The van der Waals surface area contributed by atoms with Gasteiger partial charge >= 0.3 is 0 Å². The van der Waals surface area contributed by atoms with Crippen LogP contribution in [0.3, 0.4) is 0 Å². The van der Waals surface area contributed by atoms with Gasteiger partial charge in [0.2, 0.25) is 5.36 Å². The van der Waals surface area contributed by atoms with Crippen LogP contribution in [0.25, 0.3) is 22.3 Å². The Bertz CT molecular complexity index is 1100. The van der Waals surface area contributed by atoms with E-state index in [0.717, 1.165) is 24.3 Å². The molecule has 0 bridgehead atoms. The molecule has 3 nitrogen and oxygen atoms in total. The molecule has 3 heteroatoms. The highest BCUT2D eigenvalue weighted by Crippen LogP contribution is 2.44. The van der Waals surface area contributed by atoms with E-state index in [0.29, 0.717) is 0 Å². The second-order valence-electron chi connectivity index (χ2n) is 8.26. The molecular weight excluding hydrogens is 332 g/mol. The molecule has 27 heavy (non-hydrogen) atoms. The maximum absolute atomic E-state index is 6.70. The zero-order chi connectivity index (χ0) is 18.7. The molecule has 4 aliphatic rings. The second kappa shape index (κ2) is 6.12. The van der Waals surface area contributed by atoms with Crippen LogP contribution in [-0.4, -0.2) is 19.6 Å². The first-order valence-corrected chi connectivity index (χ1v) is 10.4. The second-order valence-corrected chi connectivity index (χ2v) is 8.26. The van der Waals surface area contributed by atoms with Crippen LogP contribution in [-0.2, 0) is 12.8 Å². The summed E-state index contributed by atoms with van der Waals surface area (Å²) in [5.74, 6) is 1.05. The molecule has 0 fully saturated rings. The van der Waals surface area contributed by atoms with Crippen LogP contribution in [0.4, 0.5) is 5.69 Å². The van der Waals surface area contributed by atoms with Crippen molar-refractivity contribution in [2.24, 2.45) is 0 Å². The molecule has 140 valence electrons. The highest BCUT2D eigenvalue weighted by molar-refractivity contribution is 5.95. The van der Waals surface area contributed by atoms with Gasteiger partial charge in [0.1, 0.15) is 17.9 Å². The summed E-state index contributed by atoms with van der Waals surface area (Å²) in [5.41, 5.74) is 10.7. The number of hydrogen-bond donors (Lipinski definition) is 1. The topological polar surface area (TPSA) is 30.4 Å². The Balaban J connectivity index is 1.93. The van der Waals surface area contributed by atoms with Crippen LogP contribution in [0.1, 0.15) is 47.6 Å². The van der Waals surface area contributed by atoms with Gasteiger partial charge in [-0.3, -0.25) is 0 Å². The molecule has 0 saturated heterocycles. The minimum Gasteiger partial charge on any atom is -0.455 e. The fourth-order valence-electron chi connectivity index (χ4n) is 5.30. The van der Waals surface area contributed by atoms with Crippen LogP contribution in [0.5, 0.6) is 0 Å². The predicted molar refractivity (Wildman–Crippen MR) is 111 cm³/mol. The number of nitrogens with zero attached hydrogens (tertiary/aromatic N) is 1. The number of aryl methyl sites for hydroxylation is 4. The third kappa shape index (κ3) is 2.37. The Morgan fingerprint density at radius 3 is 2.59 bits per heavy atom. The van der Waals surface area contributed by atoms with Gasteiger partial charge in [0.15, 0.2) is 0 Å². The van der Waals surface area contributed by atoms with Gasteiger partial charge in [0.05, 0.1) is 5.56 Å². The average Bonchev–Trinajstić information content (AvgIpc) is 2.67. The van der Waals surface area contributed by atoms with E-state index in [9.17, 15) is 0 Å². The highest BCUT2D eigenvalue weighted by Gasteiger charge is 2.29. The summed E-state index contributed by atoms with van der Waals surface area (Å²) >= 11 is 0. The first-order chi connectivity index (χ1) is 13.1. The molecule has 5 rings (SSSR count). The number of rotatable bonds is 1. The van der Waals surface area contributed by atoms with E-state index >= 15 is 0 Å². The molecule has 0 unspecified atom stereocenters. The number of hydrogen-bond acceptors (Lipinski definition) is 2. The molecule has 1 N–H and O–H groups in total. The van der Waals surface area contributed by atoms with Crippen molar-refractivity contribution in [3.8, 4) is 11.3 Å². The summed E-state index contributed by atoms with van der Waals surface area (Å²) in [4.78, 5) is 6.13. The smallest absolute Gasteiger partial charge is 0.207 e. The van der Waals surface area contributed by atoms with E-state index in [-0.39, 0.29) is 0 Å². The lowest BCUT2D eigenvalue weighted by Gasteiger charge is -2.37. The number of anilines is 1. The summed E-state index contributed by atoms with van der Waals surface area (Å²) in [6.07, 6.45) is 4.83. The van der Waals surface area contributed by atoms with Gasteiger partial charge in [0, 0.05) is 40.9 Å². The molecule has 1 aromatic carbocycles. The fraction of sp³-hybridized carbons (Fsp3) is 0.458. The fourth-order valence-corrected chi connectivity index (χ4v) is 5.30. The van der Waals surface area contributed by atoms with Crippen LogP contribution < -0.4 is 15.2 Å². The summed E-state index contributed by atoms with van der Waals surface area (Å²) in [6, 6.07) is 4.72. The number of nitrogens with one attached hydrogen (secondary N) is 1. The van der Waals surface area contributed by atoms with Crippen LogP contribution in [0.15, 0.2) is 16.5 Å². The van der Waals surface area contributed by atoms with Crippen molar-refractivity contribution in [3.05, 3.63) is 45.3 Å². The number of fused-ring (bicyclic) bond motifs is 3. The van der Waals surface area contributed by atoms with Gasteiger partial charge in [0.25, 0.3) is 0 Å². The Labute approximate surface area is 161 Å². The summed E-state index contributed by atoms with van der Waals surface area (Å²) in [5, 5.41) is 2.54. The number of benzene rings is 2. The van der Waals surface area contributed by atoms with E-state index in [1.165, 1.54) is 82.2 Å². The van der Waals surface area contributed by atoms with Crippen molar-refractivity contribution in [2.75, 3.05) is 24.5 Å². The zero-order valence-corrected chi connectivity index (χ0v) is 17.0. The Morgan fingerprint density at radius 2 is 1.81 bits per heavy atom. The molecule has 0 aromatic heterocycles. The standard InChI is InChI=1S/C24H28N2O/c1-5-25-21-14(2)12-19-15(3)20-13-17-8-6-10-26-11-7-9-18(22(17)26)24(20)27-23(19)16(21)4/h12-13H,5-11H2,1-4H3/p+1. The first-order valence-electron chi connectivity index (χ1n) is 10.4. The maximum atomic E-state index is 6.70. The zero-order valence-electron chi connectivity index (χ0n) is 17.0. The van der Waals surface area contributed by atoms with E-state index < -0.39 is 0 Å². The molecule has 3 heterocycles. The molecule has 0 saturated carbocycles. The van der Waals surface area contributed by atoms with Gasteiger partial charge in [-0.1, -0.05) is 0 Å². The van der Waals surface area contributed by atoms with Gasteiger partial charge in [-0.05, 0) is 76.6 Å². The highest BCUT2D eigenvalue weighted by atomic mass is 16.3. The lowest BCUT2D eigenvalue weighted by molar-refractivity contribution is -0.496. The molecule has 0 spiro atoms. The maximum Gasteiger partial charge on any atom is 0.207 e. The average molecular weight is 362 g/mol. The van der Waals surface area contributed by atoms with Crippen molar-refractivity contribution >= 4 is 16.7 Å². The SMILES string of the molecule is CC[NH+]=c1c(C)cc2c(C)c3cc4c5c(c3oc-2c1C)CCCN5CCC4. The van der Waals surface area contributed by atoms with Crippen molar-refractivity contribution < 1.29 is 9.41 Å². The van der Waals surface area contributed by atoms with Gasteiger partial charge in [-0.25, -0.2) is 4.99 Å². The van der Waals surface area contributed by atoms with E-state index in [2.05, 4.69) is 49.7 Å². The Kier molecular flexibility index (Phi) is 3.82. The monoisotopic (exact) mass is 361 g/mol. The minimum absolute atomic E-state index is 0.924. The third-order valence-corrected chi connectivity index (χ3v) is 6.55. The molecule has 1 aliphatic carbocycles. The van der Waals surface area contributed by atoms with Gasteiger partial charge in [-0.15, -0.1) is 0 Å². The van der Waals surface area contributed by atoms with Crippen molar-refractivity contribution in [2.45, 2.75) is 53.4 Å². The third-order valence-electron chi connectivity index (χ3n) is 6.55. The lowest BCUT2D eigenvalue weighted by atomic mass is 9.87. The van der Waals surface area contributed by atoms with Crippen molar-refractivity contribution in [3.63, 3.8) is 0 Å². The van der Waals surface area contributed by atoms with E-state index in [1.807, 2.05) is 0 Å². The summed E-state index contributed by atoms with van der Waals surface area (Å²) in [6.45, 7) is 12.1. The first kappa shape index (κ1) is 16.9. The van der Waals surface area contributed by atoms with Crippen LogP contribution in [0, 0.1) is 20.8 Å². The molecule has 1 aromatic rings. The molecule has 0 atom stereocenters. The quantitative estimate of drug-likeness (QED) is 0.675. The molecular formula is C24H29N2O+. The van der Waals surface area contributed by atoms with Crippen molar-refractivity contribution in [1.29, 1.82) is 0 Å². The predicted octanol–water partition coefficient (Wildman–Crippen LogP) is 3.16. The minimum atomic E-state index is 0.924. The van der Waals surface area contributed by atoms with E-state index in [1.54, 1.807) is 0 Å². The van der Waals surface area contributed by atoms with Crippen LogP contribution in [0.2, 0.25) is 0 Å². The largest absolute Gasteiger partial charge is 0.455 e. The van der Waals surface area contributed by atoms with Crippen molar-refractivity contribution in [1.82, 2.24) is 0 Å². The summed E-state index contributed by atoms with van der Waals surface area (Å²) in [7, 11) is 0.